The van der Waals surface area contributed by atoms with Gasteiger partial charge < -0.3 is 10.2 Å². The lowest BCUT2D eigenvalue weighted by molar-refractivity contribution is -0.117. The van der Waals surface area contributed by atoms with Crippen LogP contribution in [0.2, 0.25) is 0 Å². The third-order valence-corrected chi connectivity index (χ3v) is 4.88. The van der Waals surface area contributed by atoms with Crippen LogP contribution in [0.15, 0.2) is 41.1 Å². The topological polar surface area (TPSA) is 61.4 Å². The van der Waals surface area contributed by atoms with E-state index in [2.05, 4.69) is 41.0 Å². The van der Waals surface area contributed by atoms with Crippen molar-refractivity contribution in [1.82, 2.24) is 14.9 Å². The molecular weight excluding hydrogens is 370 g/mol. The van der Waals surface area contributed by atoms with E-state index in [1.807, 2.05) is 31.2 Å². The number of carbonyl (C=O) groups excluding carboxylic acids is 1. The van der Waals surface area contributed by atoms with Gasteiger partial charge in [-0.15, -0.1) is 0 Å². The second-order valence-corrected chi connectivity index (χ2v) is 6.68. The number of hydrogen-bond donors (Lipinski definition) is 1. The zero-order valence-electron chi connectivity index (χ0n) is 13.6. The van der Waals surface area contributed by atoms with E-state index >= 15 is 0 Å². The molecule has 1 fully saturated rings. The van der Waals surface area contributed by atoms with E-state index in [-0.39, 0.29) is 5.91 Å². The highest BCUT2D eigenvalue weighted by atomic mass is 79.9. The summed E-state index contributed by atoms with van der Waals surface area (Å²) in [7, 11) is 0. The van der Waals surface area contributed by atoms with E-state index in [1.54, 1.807) is 12.4 Å². The molecule has 1 saturated heterocycles. The van der Waals surface area contributed by atoms with Crippen molar-refractivity contribution in [2.24, 2.45) is 0 Å². The fourth-order valence-corrected chi connectivity index (χ4v) is 3.01. The molecule has 1 aromatic heterocycles. The number of aromatic nitrogens is 2. The molecule has 126 valence electrons. The summed E-state index contributed by atoms with van der Waals surface area (Å²) < 4.78 is 0.997. The van der Waals surface area contributed by atoms with Crippen molar-refractivity contribution < 1.29 is 4.79 Å². The molecule has 6 nitrogen and oxygen atoms in total. The summed E-state index contributed by atoms with van der Waals surface area (Å²) in [5.74, 6) is 0.765. The Balaban J connectivity index is 1.49. The summed E-state index contributed by atoms with van der Waals surface area (Å²) in [6.07, 6.45) is 3.50. The van der Waals surface area contributed by atoms with Crippen LogP contribution >= 0.6 is 15.9 Å². The third kappa shape index (κ3) is 4.30. The number of nitrogens with one attached hydrogen (secondary N) is 1. The first kappa shape index (κ1) is 16.9. The van der Waals surface area contributed by atoms with Crippen molar-refractivity contribution in [3.63, 3.8) is 0 Å². The van der Waals surface area contributed by atoms with Gasteiger partial charge in [-0.05, 0) is 30.7 Å². The fraction of sp³-hybridized carbons (Fsp3) is 0.353. The van der Waals surface area contributed by atoms with E-state index in [9.17, 15) is 4.79 Å². The number of rotatable bonds is 4. The standard InChI is InChI=1S/C17H20BrN5O/c1-13-3-4-14(11-15(13)18)21-16(24)12-22-7-9-23(10-8-22)17-19-5-2-6-20-17/h2-6,11H,7-10,12H2,1H3,(H,21,24). The summed E-state index contributed by atoms with van der Waals surface area (Å²) in [6, 6.07) is 7.65. The first-order valence-electron chi connectivity index (χ1n) is 7.92. The van der Waals surface area contributed by atoms with Crippen LogP contribution in [0.25, 0.3) is 0 Å². The summed E-state index contributed by atoms with van der Waals surface area (Å²) in [6.45, 7) is 5.72. The Labute approximate surface area is 150 Å². The number of nitrogens with zero attached hydrogens (tertiary/aromatic N) is 4. The molecule has 0 unspecified atom stereocenters. The zero-order chi connectivity index (χ0) is 16.9. The first-order valence-corrected chi connectivity index (χ1v) is 8.71. The molecule has 0 bridgehead atoms. The SMILES string of the molecule is Cc1ccc(NC(=O)CN2CCN(c3ncccn3)CC2)cc1Br. The quantitative estimate of drug-likeness (QED) is 0.868. The fourth-order valence-electron chi connectivity index (χ4n) is 2.63. The molecule has 0 atom stereocenters. The predicted molar refractivity (Wildman–Crippen MR) is 98.2 cm³/mol. The van der Waals surface area contributed by atoms with Crippen molar-refractivity contribution in [1.29, 1.82) is 0 Å². The van der Waals surface area contributed by atoms with Crippen LogP contribution in [0, 0.1) is 6.92 Å². The maximum Gasteiger partial charge on any atom is 0.238 e. The number of halogens is 1. The van der Waals surface area contributed by atoms with Gasteiger partial charge in [-0.3, -0.25) is 9.69 Å². The lowest BCUT2D eigenvalue weighted by Gasteiger charge is -2.34. The number of hydrogen-bond acceptors (Lipinski definition) is 5. The third-order valence-electron chi connectivity index (χ3n) is 4.03. The first-order chi connectivity index (χ1) is 11.6. The van der Waals surface area contributed by atoms with Gasteiger partial charge >= 0.3 is 0 Å². The molecule has 0 spiro atoms. The molecule has 3 rings (SSSR count). The van der Waals surface area contributed by atoms with E-state index < -0.39 is 0 Å². The van der Waals surface area contributed by atoms with Gasteiger partial charge in [-0.2, -0.15) is 0 Å². The minimum Gasteiger partial charge on any atom is -0.338 e. The minimum atomic E-state index is 0.00941. The summed E-state index contributed by atoms with van der Waals surface area (Å²) in [4.78, 5) is 25.1. The highest BCUT2D eigenvalue weighted by Crippen LogP contribution is 2.20. The van der Waals surface area contributed by atoms with Gasteiger partial charge in [0.1, 0.15) is 0 Å². The number of aryl methyl sites for hydroxylation is 1. The number of piperazine rings is 1. The Kier molecular flexibility index (Phi) is 5.42. The molecule has 1 amide bonds. The molecule has 0 aliphatic carbocycles. The Morgan fingerprint density at radius 2 is 1.92 bits per heavy atom. The van der Waals surface area contributed by atoms with E-state index in [1.165, 1.54) is 0 Å². The minimum absolute atomic E-state index is 0.00941. The van der Waals surface area contributed by atoms with Crippen molar-refractivity contribution in [3.8, 4) is 0 Å². The van der Waals surface area contributed by atoms with Crippen molar-refractivity contribution in [2.75, 3.05) is 42.9 Å². The van der Waals surface area contributed by atoms with Crippen LogP contribution in [0.1, 0.15) is 5.56 Å². The van der Waals surface area contributed by atoms with E-state index in [0.717, 1.165) is 47.9 Å². The van der Waals surface area contributed by atoms with Crippen LogP contribution in [0.4, 0.5) is 11.6 Å². The normalized spacial score (nSPS) is 15.3. The van der Waals surface area contributed by atoms with E-state index in [4.69, 9.17) is 0 Å². The number of amides is 1. The Hall–Kier alpha value is -1.99. The van der Waals surface area contributed by atoms with Crippen LogP contribution in [-0.2, 0) is 4.79 Å². The van der Waals surface area contributed by atoms with Gasteiger partial charge in [-0.25, -0.2) is 9.97 Å². The molecule has 1 aliphatic heterocycles. The number of benzene rings is 1. The monoisotopic (exact) mass is 389 g/mol. The second kappa shape index (κ2) is 7.72. The van der Waals surface area contributed by atoms with Gasteiger partial charge in [0.05, 0.1) is 6.54 Å². The Morgan fingerprint density at radius 1 is 1.21 bits per heavy atom. The largest absolute Gasteiger partial charge is 0.338 e. The second-order valence-electron chi connectivity index (χ2n) is 5.82. The maximum absolute atomic E-state index is 12.2. The van der Waals surface area contributed by atoms with Crippen LogP contribution in [0.5, 0.6) is 0 Å². The van der Waals surface area contributed by atoms with Gasteiger partial charge in [0.25, 0.3) is 0 Å². The van der Waals surface area contributed by atoms with Gasteiger partial charge in [0.2, 0.25) is 11.9 Å². The van der Waals surface area contributed by atoms with Crippen molar-refractivity contribution in [3.05, 3.63) is 46.7 Å². The molecule has 2 aromatic rings. The molecule has 1 aromatic carbocycles. The molecular formula is C17H20BrN5O. The van der Waals surface area contributed by atoms with Crippen molar-refractivity contribution in [2.45, 2.75) is 6.92 Å². The molecule has 1 N–H and O–H groups in total. The molecule has 24 heavy (non-hydrogen) atoms. The number of anilines is 2. The van der Waals surface area contributed by atoms with Gasteiger partial charge in [0.15, 0.2) is 0 Å². The van der Waals surface area contributed by atoms with Gasteiger partial charge in [-0.1, -0.05) is 22.0 Å². The van der Waals surface area contributed by atoms with Gasteiger partial charge in [0, 0.05) is 48.7 Å². The maximum atomic E-state index is 12.2. The lowest BCUT2D eigenvalue weighted by Crippen LogP contribution is -2.49. The lowest BCUT2D eigenvalue weighted by atomic mass is 10.2. The smallest absolute Gasteiger partial charge is 0.238 e. The summed E-state index contributed by atoms with van der Waals surface area (Å²) >= 11 is 3.48. The summed E-state index contributed by atoms with van der Waals surface area (Å²) in [5.41, 5.74) is 1.96. The van der Waals surface area contributed by atoms with E-state index in [0.29, 0.717) is 6.54 Å². The average Bonchev–Trinajstić information content (AvgIpc) is 2.59. The zero-order valence-corrected chi connectivity index (χ0v) is 15.2. The highest BCUT2D eigenvalue weighted by molar-refractivity contribution is 9.10. The van der Waals surface area contributed by atoms with Crippen LogP contribution < -0.4 is 10.2 Å². The molecule has 0 radical (unpaired) electrons. The Bertz CT molecular complexity index is 701. The molecule has 2 heterocycles. The average molecular weight is 390 g/mol. The molecule has 7 heteroatoms. The highest BCUT2D eigenvalue weighted by Gasteiger charge is 2.20. The number of carbonyl (C=O) groups is 1. The predicted octanol–water partition coefficient (Wildman–Crippen LogP) is 2.31. The Morgan fingerprint density at radius 3 is 2.58 bits per heavy atom. The van der Waals surface area contributed by atoms with Crippen LogP contribution in [-0.4, -0.2) is 53.5 Å². The van der Waals surface area contributed by atoms with Crippen LogP contribution in [0.3, 0.4) is 0 Å². The summed E-state index contributed by atoms with van der Waals surface area (Å²) in [5, 5.41) is 2.95. The molecule has 0 saturated carbocycles. The molecule has 1 aliphatic rings. The van der Waals surface area contributed by atoms with Crippen molar-refractivity contribution >= 4 is 33.5 Å².